The number of methoxy groups -OCH3 is 1. The predicted octanol–water partition coefficient (Wildman–Crippen LogP) is 4.31. The fourth-order valence-electron chi connectivity index (χ4n) is 2.05. The Morgan fingerprint density at radius 3 is 2.62 bits per heavy atom. The molecule has 0 aliphatic carbocycles. The van der Waals surface area contributed by atoms with Gasteiger partial charge in [-0.1, -0.05) is 41.1 Å². The Morgan fingerprint density at radius 2 is 1.92 bits per heavy atom. The second-order valence-electron chi connectivity index (χ2n) is 5.09. The number of ether oxygens (including phenoxy) is 1. The maximum Gasteiger partial charge on any atom is 0.271 e. The molecule has 0 fully saturated rings. The van der Waals surface area contributed by atoms with Gasteiger partial charge in [-0.25, -0.2) is 10.4 Å². The minimum atomic E-state index is -0.293. The van der Waals surface area contributed by atoms with Gasteiger partial charge in [0.1, 0.15) is 5.75 Å². The normalized spacial score (nSPS) is 10.7. The number of carbonyl (C=O) groups excluding carboxylic acids is 1. The molecule has 2 N–H and O–H groups in total. The van der Waals surface area contributed by atoms with Gasteiger partial charge in [-0.2, -0.15) is 5.10 Å². The Balaban J connectivity index is 1.63. The predicted molar refractivity (Wildman–Crippen MR) is 105 cm³/mol. The average Bonchev–Trinajstić information content (AvgIpc) is 3.02. The number of benzene rings is 2. The number of amides is 1. The van der Waals surface area contributed by atoms with Crippen molar-refractivity contribution in [2.45, 2.75) is 0 Å². The number of halogens is 1. The van der Waals surface area contributed by atoms with Gasteiger partial charge in [0.15, 0.2) is 10.3 Å². The van der Waals surface area contributed by atoms with Crippen LogP contribution in [-0.4, -0.2) is 24.2 Å². The van der Waals surface area contributed by atoms with Crippen molar-refractivity contribution >= 4 is 45.9 Å². The number of hydrogen-bond acceptors (Lipinski definition) is 6. The summed E-state index contributed by atoms with van der Waals surface area (Å²) in [6.07, 6.45) is 1.47. The number of nitrogens with zero attached hydrogens (tertiary/aromatic N) is 2. The molecule has 0 aliphatic rings. The third-order valence-corrected chi connectivity index (χ3v) is 4.64. The van der Waals surface area contributed by atoms with Gasteiger partial charge in [0.25, 0.3) is 5.91 Å². The molecule has 132 valence electrons. The summed E-state index contributed by atoms with van der Waals surface area (Å²) in [5.74, 6) is 0.480. The highest BCUT2D eigenvalue weighted by Gasteiger charge is 2.08. The molecule has 0 atom stereocenters. The topological polar surface area (TPSA) is 75.6 Å². The van der Waals surface area contributed by atoms with E-state index < -0.39 is 0 Å². The van der Waals surface area contributed by atoms with Crippen LogP contribution in [0.5, 0.6) is 5.75 Å². The number of nitrogens with one attached hydrogen (secondary N) is 2. The van der Waals surface area contributed by atoms with E-state index in [0.29, 0.717) is 20.7 Å². The van der Waals surface area contributed by atoms with Crippen LogP contribution in [0.4, 0.5) is 10.8 Å². The number of carbonyl (C=O) groups is 1. The molecular formula is C18H15ClN4O2S. The van der Waals surface area contributed by atoms with E-state index in [2.05, 4.69) is 20.8 Å². The van der Waals surface area contributed by atoms with Crippen LogP contribution < -0.4 is 15.5 Å². The first-order valence-corrected chi connectivity index (χ1v) is 8.81. The summed E-state index contributed by atoms with van der Waals surface area (Å²) in [4.78, 5) is 16.8. The standard InChI is InChI=1S/C18H15ClN4O2S/c1-25-14-9-7-13(8-10-14)21-18-22-16(19)15(26-18)11-20-23-17(24)12-5-3-2-4-6-12/h2-11H,1H3,(H,21,22)(H,23,24)/b20-11+. The first-order valence-electron chi connectivity index (χ1n) is 7.61. The molecule has 2 aromatic carbocycles. The van der Waals surface area contributed by atoms with Crippen molar-refractivity contribution in [1.29, 1.82) is 0 Å². The largest absolute Gasteiger partial charge is 0.497 e. The molecule has 6 nitrogen and oxygen atoms in total. The number of thiazole rings is 1. The second kappa shape index (κ2) is 8.46. The zero-order valence-corrected chi connectivity index (χ0v) is 15.3. The highest BCUT2D eigenvalue weighted by molar-refractivity contribution is 7.17. The molecule has 0 saturated carbocycles. The molecule has 26 heavy (non-hydrogen) atoms. The van der Waals surface area contributed by atoms with Crippen molar-refractivity contribution in [3.05, 3.63) is 70.2 Å². The Morgan fingerprint density at radius 1 is 1.19 bits per heavy atom. The van der Waals surface area contributed by atoms with Crippen molar-refractivity contribution in [3.8, 4) is 5.75 Å². The third-order valence-electron chi connectivity index (χ3n) is 3.33. The zero-order valence-electron chi connectivity index (χ0n) is 13.8. The van der Waals surface area contributed by atoms with Crippen molar-refractivity contribution in [1.82, 2.24) is 10.4 Å². The average molecular weight is 387 g/mol. The lowest BCUT2D eigenvalue weighted by Gasteiger charge is -2.03. The lowest BCUT2D eigenvalue weighted by molar-refractivity contribution is 0.0955. The number of rotatable bonds is 6. The maximum absolute atomic E-state index is 11.9. The highest BCUT2D eigenvalue weighted by Crippen LogP contribution is 2.28. The first-order chi connectivity index (χ1) is 12.7. The molecule has 1 amide bonds. The summed E-state index contributed by atoms with van der Waals surface area (Å²) in [5.41, 5.74) is 3.85. The van der Waals surface area contributed by atoms with E-state index in [1.807, 2.05) is 30.3 Å². The quantitative estimate of drug-likeness (QED) is 0.489. The molecule has 0 unspecified atom stereocenters. The summed E-state index contributed by atoms with van der Waals surface area (Å²) in [7, 11) is 1.62. The lowest BCUT2D eigenvalue weighted by Crippen LogP contribution is -2.17. The molecule has 3 aromatic rings. The smallest absolute Gasteiger partial charge is 0.271 e. The van der Waals surface area contributed by atoms with Crippen LogP contribution in [0.15, 0.2) is 59.7 Å². The van der Waals surface area contributed by atoms with E-state index in [0.717, 1.165) is 11.4 Å². The Hall–Kier alpha value is -2.90. The number of hydrazone groups is 1. The number of anilines is 2. The van der Waals surface area contributed by atoms with E-state index in [9.17, 15) is 4.79 Å². The third kappa shape index (κ3) is 4.59. The molecule has 3 rings (SSSR count). The van der Waals surface area contributed by atoms with E-state index in [1.54, 1.807) is 31.4 Å². The van der Waals surface area contributed by atoms with E-state index >= 15 is 0 Å². The van der Waals surface area contributed by atoms with Crippen LogP contribution in [-0.2, 0) is 0 Å². The maximum atomic E-state index is 11.9. The van der Waals surface area contributed by atoms with Crippen molar-refractivity contribution in [3.63, 3.8) is 0 Å². The van der Waals surface area contributed by atoms with Gasteiger partial charge in [0.05, 0.1) is 18.2 Å². The second-order valence-corrected chi connectivity index (χ2v) is 6.48. The number of hydrogen-bond donors (Lipinski definition) is 2. The number of aromatic nitrogens is 1. The first kappa shape index (κ1) is 17.9. The molecule has 0 spiro atoms. The van der Waals surface area contributed by atoms with Crippen molar-refractivity contribution in [2.75, 3.05) is 12.4 Å². The van der Waals surface area contributed by atoms with Crippen LogP contribution in [0.2, 0.25) is 5.15 Å². The van der Waals surface area contributed by atoms with Crippen molar-refractivity contribution < 1.29 is 9.53 Å². The molecule has 1 heterocycles. The van der Waals surface area contributed by atoms with Crippen LogP contribution in [0.3, 0.4) is 0 Å². The van der Waals surface area contributed by atoms with Gasteiger partial charge in [-0.05, 0) is 36.4 Å². The van der Waals surface area contributed by atoms with Gasteiger partial charge in [-0.3, -0.25) is 4.79 Å². The van der Waals surface area contributed by atoms with E-state index in [4.69, 9.17) is 16.3 Å². The molecule has 0 aliphatic heterocycles. The Kier molecular flexibility index (Phi) is 5.83. The summed E-state index contributed by atoms with van der Waals surface area (Å²) in [6, 6.07) is 16.3. The molecule has 0 radical (unpaired) electrons. The summed E-state index contributed by atoms with van der Waals surface area (Å²) in [6.45, 7) is 0. The Bertz CT molecular complexity index is 911. The minimum absolute atomic E-state index is 0.293. The van der Waals surface area contributed by atoms with Crippen LogP contribution in [0, 0.1) is 0 Å². The monoisotopic (exact) mass is 386 g/mol. The highest BCUT2D eigenvalue weighted by atomic mass is 35.5. The zero-order chi connectivity index (χ0) is 18.4. The molecule has 1 aromatic heterocycles. The van der Waals surface area contributed by atoms with Gasteiger partial charge in [0.2, 0.25) is 0 Å². The molecular weight excluding hydrogens is 372 g/mol. The summed E-state index contributed by atoms with van der Waals surface area (Å²) >= 11 is 7.45. The van der Waals surface area contributed by atoms with Crippen LogP contribution in [0.1, 0.15) is 15.2 Å². The van der Waals surface area contributed by atoms with E-state index in [1.165, 1.54) is 17.6 Å². The van der Waals surface area contributed by atoms with Crippen LogP contribution >= 0.6 is 22.9 Å². The van der Waals surface area contributed by atoms with Gasteiger partial charge in [-0.15, -0.1) is 0 Å². The van der Waals surface area contributed by atoms with Gasteiger partial charge in [0, 0.05) is 11.3 Å². The molecule has 0 saturated heterocycles. The fourth-order valence-corrected chi connectivity index (χ4v) is 3.10. The van der Waals surface area contributed by atoms with E-state index in [-0.39, 0.29) is 5.91 Å². The summed E-state index contributed by atoms with van der Waals surface area (Å²) in [5, 5.41) is 8.03. The fraction of sp³-hybridized carbons (Fsp3) is 0.0556. The minimum Gasteiger partial charge on any atom is -0.497 e. The SMILES string of the molecule is COc1ccc(Nc2nc(Cl)c(/C=N/NC(=O)c3ccccc3)s2)cc1. The van der Waals surface area contributed by atoms with Crippen molar-refractivity contribution in [2.24, 2.45) is 5.10 Å². The molecule has 0 bridgehead atoms. The Labute approximate surface area is 159 Å². The summed E-state index contributed by atoms with van der Waals surface area (Å²) < 4.78 is 5.12. The van der Waals surface area contributed by atoms with Gasteiger partial charge < -0.3 is 10.1 Å². The van der Waals surface area contributed by atoms with Crippen LogP contribution in [0.25, 0.3) is 0 Å². The van der Waals surface area contributed by atoms with Gasteiger partial charge >= 0.3 is 0 Å². The lowest BCUT2D eigenvalue weighted by atomic mass is 10.2. The molecule has 8 heteroatoms.